The minimum atomic E-state index is -3.51. The second kappa shape index (κ2) is 7.10. The van der Waals surface area contributed by atoms with Crippen LogP contribution in [0.25, 0.3) is 0 Å². The molecule has 1 N–H and O–H groups in total. The van der Waals surface area contributed by atoms with Crippen molar-refractivity contribution in [1.82, 2.24) is 4.72 Å². The van der Waals surface area contributed by atoms with Crippen LogP contribution in [0.1, 0.15) is 19.8 Å². The number of nitrogens with one attached hydrogen (secondary N) is 1. The first-order chi connectivity index (χ1) is 8.36. The number of rotatable bonds is 6. The molecule has 18 heavy (non-hydrogen) atoms. The fourth-order valence-electron chi connectivity index (χ4n) is 1.42. The van der Waals surface area contributed by atoms with Gasteiger partial charge in [0.15, 0.2) is 0 Å². The molecule has 1 atom stereocenters. The van der Waals surface area contributed by atoms with Crippen molar-refractivity contribution in [2.45, 2.75) is 30.7 Å². The van der Waals surface area contributed by atoms with Crippen LogP contribution in [0.3, 0.4) is 0 Å². The van der Waals surface area contributed by atoms with Gasteiger partial charge in [0.05, 0.1) is 9.92 Å². The highest BCUT2D eigenvalue weighted by Gasteiger charge is 2.17. The average molecular weight is 375 g/mol. The van der Waals surface area contributed by atoms with E-state index in [0.717, 1.165) is 6.42 Å². The number of alkyl halides is 1. The molecule has 1 aromatic carbocycles. The molecular formula is C11H14BrCl2NO2S. The lowest BCUT2D eigenvalue weighted by Crippen LogP contribution is -2.32. The van der Waals surface area contributed by atoms with E-state index in [9.17, 15) is 8.42 Å². The van der Waals surface area contributed by atoms with Crippen LogP contribution in [0.15, 0.2) is 27.6 Å². The van der Waals surface area contributed by atoms with E-state index in [2.05, 4.69) is 20.7 Å². The van der Waals surface area contributed by atoms with Gasteiger partial charge in [-0.15, -0.1) is 11.6 Å². The highest BCUT2D eigenvalue weighted by Crippen LogP contribution is 2.25. The summed E-state index contributed by atoms with van der Waals surface area (Å²) in [4.78, 5) is 0.191. The Morgan fingerprint density at radius 2 is 2.11 bits per heavy atom. The lowest BCUT2D eigenvalue weighted by atomic mass is 10.2. The number of benzene rings is 1. The molecule has 3 nitrogen and oxygen atoms in total. The fraction of sp³-hybridized carbons (Fsp3) is 0.455. The van der Waals surface area contributed by atoms with Gasteiger partial charge >= 0.3 is 0 Å². The van der Waals surface area contributed by atoms with Crippen molar-refractivity contribution in [2.75, 3.05) is 5.88 Å². The fourth-order valence-corrected chi connectivity index (χ4v) is 3.53. The Bertz CT molecular complexity index is 508. The smallest absolute Gasteiger partial charge is 0.208 e. The number of halogens is 3. The van der Waals surface area contributed by atoms with Crippen LogP contribution in [0, 0.1) is 0 Å². The van der Waals surface area contributed by atoms with Crippen LogP contribution in [0.4, 0.5) is 0 Å². The summed E-state index contributed by atoms with van der Waals surface area (Å²) in [6, 6.07) is 4.36. The molecule has 0 aliphatic heterocycles. The van der Waals surface area contributed by atoms with E-state index in [0.29, 0.717) is 21.8 Å². The molecule has 0 heterocycles. The molecule has 102 valence electrons. The summed E-state index contributed by atoms with van der Waals surface area (Å²) < 4.78 is 27.3. The number of hydrogen-bond acceptors (Lipinski definition) is 2. The van der Waals surface area contributed by atoms with Crippen molar-refractivity contribution >= 4 is 49.2 Å². The average Bonchev–Trinajstić information content (AvgIpc) is 2.29. The largest absolute Gasteiger partial charge is 0.240 e. The van der Waals surface area contributed by atoms with Gasteiger partial charge in [0.2, 0.25) is 10.0 Å². The van der Waals surface area contributed by atoms with E-state index in [1.54, 1.807) is 6.07 Å². The lowest BCUT2D eigenvalue weighted by molar-refractivity contribution is 0.544. The molecule has 0 saturated heterocycles. The van der Waals surface area contributed by atoms with Crippen molar-refractivity contribution in [3.05, 3.63) is 27.7 Å². The van der Waals surface area contributed by atoms with Crippen LogP contribution in [-0.2, 0) is 10.0 Å². The van der Waals surface area contributed by atoms with E-state index in [-0.39, 0.29) is 10.9 Å². The minimum absolute atomic E-state index is 0.150. The molecule has 1 aromatic rings. The lowest BCUT2D eigenvalue weighted by Gasteiger charge is -2.14. The molecule has 0 fully saturated rings. The molecule has 1 rings (SSSR count). The van der Waals surface area contributed by atoms with E-state index < -0.39 is 10.0 Å². The molecule has 0 spiro atoms. The number of hydrogen-bond donors (Lipinski definition) is 1. The minimum Gasteiger partial charge on any atom is -0.208 e. The maximum Gasteiger partial charge on any atom is 0.240 e. The van der Waals surface area contributed by atoms with Crippen LogP contribution in [-0.4, -0.2) is 20.3 Å². The standard InChI is InChI=1S/C11H14BrCl2NO2S/c1-8(3-2-6-13)15-18(16,17)9-4-5-11(14)10(12)7-9/h4-5,7-8,15H,2-3,6H2,1H3. The Balaban J connectivity index is 2.83. The second-order valence-electron chi connectivity index (χ2n) is 3.93. The third-order valence-electron chi connectivity index (χ3n) is 2.33. The monoisotopic (exact) mass is 373 g/mol. The topological polar surface area (TPSA) is 46.2 Å². The summed E-state index contributed by atoms with van der Waals surface area (Å²) >= 11 is 14.6. The molecule has 0 bridgehead atoms. The van der Waals surface area contributed by atoms with Crippen molar-refractivity contribution in [1.29, 1.82) is 0 Å². The third kappa shape index (κ3) is 4.70. The van der Waals surface area contributed by atoms with Crippen molar-refractivity contribution in [2.24, 2.45) is 0 Å². The Morgan fingerprint density at radius 1 is 1.44 bits per heavy atom. The normalized spacial score (nSPS) is 13.6. The first kappa shape index (κ1) is 16.2. The molecule has 0 saturated carbocycles. The first-order valence-corrected chi connectivity index (χ1v) is 8.59. The van der Waals surface area contributed by atoms with Crippen molar-refractivity contribution in [3.63, 3.8) is 0 Å². The van der Waals surface area contributed by atoms with Gasteiger partial charge in [-0.05, 0) is 53.9 Å². The van der Waals surface area contributed by atoms with Crippen molar-refractivity contribution in [3.8, 4) is 0 Å². The maximum absolute atomic E-state index is 12.1. The van der Waals surface area contributed by atoms with Crippen LogP contribution < -0.4 is 4.72 Å². The van der Waals surface area contributed by atoms with Crippen LogP contribution in [0.5, 0.6) is 0 Å². The van der Waals surface area contributed by atoms with E-state index in [1.807, 2.05) is 6.92 Å². The van der Waals surface area contributed by atoms with Crippen LogP contribution >= 0.6 is 39.1 Å². The molecule has 0 radical (unpaired) electrons. The summed E-state index contributed by atoms with van der Waals surface area (Å²) in [5.74, 6) is 0.526. The number of sulfonamides is 1. The van der Waals surface area contributed by atoms with E-state index >= 15 is 0 Å². The zero-order valence-corrected chi connectivity index (χ0v) is 13.7. The molecular weight excluding hydrogens is 361 g/mol. The third-order valence-corrected chi connectivity index (χ3v) is 5.40. The Hall–Kier alpha value is 0.190. The van der Waals surface area contributed by atoms with E-state index in [1.165, 1.54) is 12.1 Å². The highest BCUT2D eigenvalue weighted by molar-refractivity contribution is 9.10. The molecule has 0 amide bonds. The Kier molecular flexibility index (Phi) is 6.41. The first-order valence-electron chi connectivity index (χ1n) is 5.40. The predicted octanol–water partition coefficient (Wildman–Crippen LogP) is 3.79. The predicted molar refractivity (Wildman–Crippen MR) is 78.9 cm³/mol. The zero-order chi connectivity index (χ0) is 13.8. The summed E-state index contributed by atoms with van der Waals surface area (Å²) in [6.45, 7) is 1.81. The molecule has 0 aliphatic rings. The van der Waals surface area contributed by atoms with Gasteiger partial charge in [-0.2, -0.15) is 0 Å². The maximum atomic E-state index is 12.1. The summed E-state index contributed by atoms with van der Waals surface area (Å²) in [5, 5.41) is 0.476. The van der Waals surface area contributed by atoms with Crippen LogP contribution in [0.2, 0.25) is 5.02 Å². The molecule has 0 aromatic heterocycles. The summed E-state index contributed by atoms with van der Waals surface area (Å²) in [7, 11) is -3.51. The second-order valence-corrected chi connectivity index (χ2v) is 7.28. The van der Waals surface area contributed by atoms with Gasteiger partial charge in [0.1, 0.15) is 0 Å². The molecule has 0 aliphatic carbocycles. The van der Waals surface area contributed by atoms with Gasteiger partial charge in [0, 0.05) is 16.4 Å². The van der Waals surface area contributed by atoms with Gasteiger partial charge in [-0.25, -0.2) is 13.1 Å². The van der Waals surface area contributed by atoms with Gasteiger partial charge in [0.25, 0.3) is 0 Å². The summed E-state index contributed by atoms with van der Waals surface area (Å²) in [6.07, 6.45) is 1.48. The Labute approximate surface area is 126 Å². The van der Waals surface area contributed by atoms with Gasteiger partial charge in [-0.1, -0.05) is 11.6 Å². The van der Waals surface area contributed by atoms with Crippen molar-refractivity contribution < 1.29 is 8.42 Å². The van der Waals surface area contributed by atoms with Gasteiger partial charge in [-0.3, -0.25) is 0 Å². The van der Waals surface area contributed by atoms with Gasteiger partial charge < -0.3 is 0 Å². The highest BCUT2D eigenvalue weighted by atomic mass is 79.9. The quantitative estimate of drug-likeness (QED) is 0.770. The zero-order valence-electron chi connectivity index (χ0n) is 9.79. The Morgan fingerprint density at radius 3 is 2.67 bits per heavy atom. The summed E-state index contributed by atoms with van der Waals surface area (Å²) in [5.41, 5.74) is 0. The molecule has 7 heteroatoms. The SMILES string of the molecule is CC(CCCCl)NS(=O)(=O)c1ccc(Cl)c(Br)c1. The van der Waals surface area contributed by atoms with E-state index in [4.69, 9.17) is 23.2 Å². The molecule has 1 unspecified atom stereocenters.